The van der Waals surface area contributed by atoms with Crippen LogP contribution in [0.3, 0.4) is 0 Å². The first-order valence-electron chi connectivity index (χ1n) is 4.77. The van der Waals surface area contributed by atoms with Gasteiger partial charge in [0.05, 0.1) is 5.56 Å². The lowest BCUT2D eigenvalue weighted by Gasteiger charge is -1.99. The van der Waals surface area contributed by atoms with Crippen LogP contribution in [0.2, 0.25) is 0 Å². The third-order valence-electron chi connectivity index (χ3n) is 1.75. The topological polar surface area (TPSA) is 17.1 Å². The van der Waals surface area contributed by atoms with E-state index in [9.17, 15) is 9.18 Å². The molecule has 5 heteroatoms. The number of carbonyl (C=O) groups excluding carboxylic acids is 1. The van der Waals surface area contributed by atoms with Crippen LogP contribution in [0.15, 0.2) is 21.1 Å². The molecular formula is C12H9Br2FOS. The summed E-state index contributed by atoms with van der Waals surface area (Å²) in [7, 11) is 0. The molecule has 0 amide bonds. The van der Waals surface area contributed by atoms with Crippen LogP contribution in [0.25, 0.3) is 0 Å². The summed E-state index contributed by atoms with van der Waals surface area (Å²) in [6, 6.07) is 3.12. The number of rotatable bonds is 2. The first-order valence-corrected chi connectivity index (χ1v) is 7.34. The predicted octanol–water partition coefficient (Wildman–Crippen LogP) is 4.37. The van der Waals surface area contributed by atoms with E-state index < -0.39 is 0 Å². The van der Waals surface area contributed by atoms with E-state index in [1.165, 1.54) is 24.8 Å². The van der Waals surface area contributed by atoms with E-state index in [1.54, 1.807) is 6.07 Å². The maximum absolute atomic E-state index is 13.5. The second-order valence-electron chi connectivity index (χ2n) is 3.14. The van der Waals surface area contributed by atoms with Gasteiger partial charge in [-0.25, -0.2) is 4.39 Å². The largest absolute Gasteiger partial charge is 0.288 e. The zero-order valence-corrected chi connectivity index (χ0v) is 13.0. The average molecular weight is 380 g/mol. The Morgan fingerprint density at radius 1 is 1.47 bits per heavy atom. The molecule has 0 aliphatic rings. The lowest BCUT2D eigenvalue weighted by atomic mass is 10.2. The molecule has 0 saturated carbocycles. The van der Waals surface area contributed by atoms with Gasteiger partial charge in [0.1, 0.15) is 5.82 Å². The summed E-state index contributed by atoms with van der Waals surface area (Å²) < 4.78 is 14.8. The molecule has 0 aromatic heterocycles. The molecule has 0 aliphatic carbocycles. The highest BCUT2D eigenvalue weighted by Crippen LogP contribution is 2.24. The van der Waals surface area contributed by atoms with Gasteiger partial charge in [0, 0.05) is 28.0 Å². The zero-order valence-electron chi connectivity index (χ0n) is 9.02. The second kappa shape index (κ2) is 7.20. The molecule has 0 spiro atoms. The fourth-order valence-corrected chi connectivity index (χ4v) is 2.82. The minimum absolute atomic E-state index is 0.0720. The number of carbonyl (C=O) groups is 1. The summed E-state index contributed by atoms with van der Waals surface area (Å²) in [6.45, 7) is 1.52. The highest BCUT2D eigenvalue weighted by Gasteiger charge is 2.05. The van der Waals surface area contributed by atoms with Crippen LogP contribution in [0.1, 0.15) is 18.9 Å². The highest BCUT2D eigenvalue weighted by molar-refractivity contribution is 9.11. The Bertz CT molecular complexity index is 468. The predicted molar refractivity (Wildman–Crippen MR) is 76.4 cm³/mol. The van der Waals surface area contributed by atoms with Crippen LogP contribution >= 0.6 is 43.6 Å². The van der Waals surface area contributed by atoms with Gasteiger partial charge in [0.2, 0.25) is 0 Å². The molecule has 0 heterocycles. The molecule has 1 aromatic rings. The molecule has 1 nitrogen and oxygen atoms in total. The Morgan fingerprint density at radius 3 is 2.76 bits per heavy atom. The van der Waals surface area contributed by atoms with Crippen LogP contribution < -0.4 is 0 Å². The second-order valence-corrected chi connectivity index (χ2v) is 6.18. The summed E-state index contributed by atoms with van der Waals surface area (Å²) in [5, 5.41) is 0.0720. The lowest BCUT2D eigenvalue weighted by molar-refractivity contribution is -0.109. The third kappa shape index (κ3) is 5.24. The maximum Gasteiger partial charge on any atom is 0.185 e. The van der Waals surface area contributed by atoms with E-state index in [2.05, 4.69) is 43.7 Å². The Hall–Kier alpha value is -0.310. The lowest BCUT2D eigenvalue weighted by Crippen LogP contribution is -1.87. The van der Waals surface area contributed by atoms with Gasteiger partial charge in [-0.2, -0.15) is 0 Å². The van der Waals surface area contributed by atoms with Gasteiger partial charge in [-0.1, -0.05) is 39.5 Å². The van der Waals surface area contributed by atoms with Gasteiger partial charge in [-0.3, -0.25) is 4.79 Å². The van der Waals surface area contributed by atoms with Gasteiger partial charge in [-0.05, 0) is 28.1 Å². The molecule has 0 fully saturated rings. The average Bonchev–Trinajstić information content (AvgIpc) is 2.20. The Balaban J connectivity index is 2.69. The van der Waals surface area contributed by atoms with E-state index >= 15 is 0 Å². The molecule has 0 aliphatic heterocycles. The Morgan fingerprint density at radius 2 is 2.18 bits per heavy atom. The molecule has 1 aromatic carbocycles. The van der Waals surface area contributed by atoms with E-state index in [-0.39, 0.29) is 10.9 Å². The van der Waals surface area contributed by atoms with E-state index in [4.69, 9.17) is 0 Å². The van der Waals surface area contributed by atoms with Crippen molar-refractivity contribution in [1.82, 2.24) is 0 Å². The van der Waals surface area contributed by atoms with Gasteiger partial charge >= 0.3 is 0 Å². The fraction of sp³-hybridized carbons (Fsp3) is 0.250. The summed E-state index contributed by atoms with van der Waals surface area (Å²) in [5.41, 5.74) is 0.348. The molecule has 1 rings (SSSR count). The van der Waals surface area contributed by atoms with Crippen molar-refractivity contribution in [2.45, 2.75) is 13.3 Å². The Labute approximate surface area is 121 Å². The van der Waals surface area contributed by atoms with Crippen molar-refractivity contribution >= 4 is 48.7 Å². The summed E-state index contributed by atoms with van der Waals surface area (Å²) in [4.78, 5) is 10.7. The summed E-state index contributed by atoms with van der Waals surface area (Å²) in [5.74, 6) is 5.89. The molecule has 0 radical (unpaired) electrons. The first kappa shape index (κ1) is 14.7. The van der Waals surface area contributed by atoms with Crippen molar-refractivity contribution in [1.29, 1.82) is 0 Å². The Kier molecular flexibility index (Phi) is 6.24. The van der Waals surface area contributed by atoms with Crippen molar-refractivity contribution in [3.8, 4) is 11.8 Å². The number of hydrogen-bond donors (Lipinski definition) is 0. The molecule has 17 heavy (non-hydrogen) atoms. The molecule has 0 bridgehead atoms. The third-order valence-corrected chi connectivity index (χ3v) is 3.65. The molecule has 90 valence electrons. The number of benzene rings is 1. The minimum Gasteiger partial charge on any atom is -0.288 e. The van der Waals surface area contributed by atoms with E-state index in [0.717, 1.165) is 0 Å². The van der Waals surface area contributed by atoms with E-state index in [0.29, 0.717) is 26.7 Å². The van der Waals surface area contributed by atoms with Gasteiger partial charge in [0.25, 0.3) is 0 Å². The molecule has 0 saturated heterocycles. The summed E-state index contributed by atoms with van der Waals surface area (Å²) >= 11 is 7.68. The monoisotopic (exact) mass is 378 g/mol. The van der Waals surface area contributed by atoms with E-state index in [1.807, 2.05) is 0 Å². The first-order chi connectivity index (χ1) is 8.00. The zero-order chi connectivity index (χ0) is 12.8. The molecule has 0 unspecified atom stereocenters. The van der Waals surface area contributed by atoms with Crippen molar-refractivity contribution in [2.24, 2.45) is 0 Å². The van der Waals surface area contributed by atoms with Crippen LogP contribution in [0.4, 0.5) is 4.39 Å². The highest BCUT2D eigenvalue weighted by atomic mass is 79.9. The number of hydrogen-bond acceptors (Lipinski definition) is 2. The normalized spacial score (nSPS) is 9.65. The maximum atomic E-state index is 13.5. The van der Waals surface area contributed by atoms with Crippen LogP contribution in [-0.2, 0) is 4.79 Å². The SMILES string of the molecule is CC(=O)SCCC#Cc1c(F)cc(Br)cc1Br. The van der Waals surface area contributed by atoms with Crippen LogP contribution in [-0.4, -0.2) is 10.9 Å². The van der Waals surface area contributed by atoms with Gasteiger partial charge < -0.3 is 0 Å². The number of thioether (sulfide) groups is 1. The smallest absolute Gasteiger partial charge is 0.185 e. The quantitative estimate of drug-likeness (QED) is 0.560. The summed E-state index contributed by atoms with van der Waals surface area (Å²) in [6.07, 6.45) is 0.562. The van der Waals surface area contributed by atoms with Crippen molar-refractivity contribution in [3.63, 3.8) is 0 Å². The van der Waals surface area contributed by atoms with Crippen molar-refractivity contribution in [3.05, 3.63) is 32.5 Å². The van der Waals surface area contributed by atoms with Crippen LogP contribution in [0, 0.1) is 17.7 Å². The fourth-order valence-electron chi connectivity index (χ4n) is 1.06. The molecule has 0 N–H and O–H groups in total. The molecule has 0 atom stereocenters. The van der Waals surface area contributed by atoms with Crippen molar-refractivity contribution < 1.29 is 9.18 Å². The molecular weight excluding hydrogens is 371 g/mol. The van der Waals surface area contributed by atoms with Gasteiger partial charge in [0.15, 0.2) is 5.12 Å². The van der Waals surface area contributed by atoms with Gasteiger partial charge in [-0.15, -0.1) is 0 Å². The van der Waals surface area contributed by atoms with Crippen LogP contribution in [0.5, 0.6) is 0 Å². The standard InChI is InChI=1S/C12H9Br2FOS/c1-8(16)17-5-3-2-4-10-11(14)6-9(13)7-12(10)15/h6-7H,3,5H2,1H3. The van der Waals surface area contributed by atoms with Crippen molar-refractivity contribution in [2.75, 3.05) is 5.75 Å². The number of halogens is 3. The minimum atomic E-state index is -0.363.